The Kier molecular flexibility index (Phi) is 5.53. The number of benzene rings is 2. The fourth-order valence-electron chi connectivity index (χ4n) is 2.39. The second kappa shape index (κ2) is 8.01. The SMILES string of the molecule is C=CCN=c1scc(-c2ccc(F)cc2)n1N=C(C)c1cccc(F)c1. The molecule has 0 unspecified atom stereocenters. The number of aromatic nitrogens is 1. The van der Waals surface area contributed by atoms with E-state index < -0.39 is 0 Å². The first-order valence-electron chi connectivity index (χ1n) is 7.98. The van der Waals surface area contributed by atoms with Crippen LogP contribution in [0, 0.1) is 11.6 Å². The second-order valence-corrected chi connectivity index (χ2v) is 6.38. The standard InChI is InChI=1S/C20H17F2N3S/c1-3-11-23-20-25(24-14(2)16-5-4-6-18(22)12-16)19(13-26-20)15-7-9-17(21)10-8-15/h3-10,12-13H,1,11H2,2H3. The number of rotatable bonds is 5. The van der Waals surface area contributed by atoms with Crippen molar-refractivity contribution in [1.29, 1.82) is 0 Å². The number of hydrogen-bond donors (Lipinski definition) is 0. The molecular formula is C20H17F2N3S. The molecule has 0 bridgehead atoms. The van der Waals surface area contributed by atoms with Crippen LogP contribution in [0.15, 0.2) is 76.7 Å². The van der Waals surface area contributed by atoms with Crippen molar-refractivity contribution < 1.29 is 8.78 Å². The molecule has 0 aliphatic heterocycles. The van der Waals surface area contributed by atoms with Gasteiger partial charge in [0.25, 0.3) is 0 Å². The van der Waals surface area contributed by atoms with E-state index in [2.05, 4.69) is 16.7 Å². The lowest BCUT2D eigenvalue weighted by Crippen LogP contribution is -2.14. The molecule has 26 heavy (non-hydrogen) atoms. The van der Waals surface area contributed by atoms with E-state index in [4.69, 9.17) is 0 Å². The summed E-state index contributed by atoms with van der Waals surface area (Å²) in [5.74, 6) is -0.616. The normalized spacial score (nSPS) is 12.4. The summed E-state index contributed by atoms with van der Waals surface area (Å²) in [4.78, 5) is 5.14. The molecule has 0 radical (unpaired) electrons. The quantitative estimate of drug-likeness (QED) is 0.454. The van der Waals surface area contributed by atoms with Gasteiger partial charge in [-0.3, -0.25) is 4.99 Å². The number of nitrogens with zero attached hydrogens (tertiary/aromatic N) is 3. The number of thiazole rings is 1. The molecule has 3 aromatic rings. The first-order chi connectivity index (χ1) is 12.6. The van der Waals surface area contributed by atoms with Crippen LogP contribution in [0.3, 0.4) is 0 Å². The highest BCUT2D eigenvalue weighted by molar-refractivity contribution is 7.07. The van der Waals surface area contributed by atoms with Gasteiger partial charge in [-0.25, -0.2) is 13.5 Å². The molecule has 0 saturated heterocycles. The lowest BCUT2D eigenvalue weighted by atomic mass is 10.1. The summed E-state index contributed by atoms with van der Waals surface area (Å²) in [6.07, 6.45) is 1.70. The molecule has 0 atom stereocenters. The van der Waals surface area contributed by atoms with E-state index in [1.54, 1.807) is 35.0 Å². The van der Waals surface area contributed by atoms with Gasteiger partial charge >= 0.3 is 0 Å². The summed E-state index contributed by atoms with van der Waals surface area (Å²) in [7, 11) is 0. The summed E-state index contributed by atoms with van der Waals surface area (Å²) in [6.45, 7) is 5.95. The third-order valence-corrected chi connectivity index (χ3v) is 4.53. The van der Waals surface area contributed by atoms with Crippen LogP contribution in [0.25, 0.3) is 11.3 Å². The molecule has 1 heterocycles. The number of halogens is 2. The van der Waals surface area contributed by atoms with Crippen molar-refractivity contribution in [3.8, 4) is 11.3 Å². The molecule has 1 aromatic heterocycles. The van der Waals surface area contributed by atoms with E-state index in [1.165, 1.54) is 35.6 Å². The fraction of sp³-hybridized carbons (Fsp3) is 0.100. The Balaban J connectivity index is 2.14. The highest BCUT2D eigenvalue weighted by Gasteiger charge is 2.09. The van der Waals surface area contributed by atoms with Gasteiger partial charge in [0, 0.05) is 16.5 Å². The van der Waals surface area contributed by atoms with Gasteiger partial charge in [0.1, 0.15) is 11.6 Å². The van der Waals surface area contributed by atoms with Crippen LogP contribution in [0.1, 0.15) is 12.5 Å². The lowest BCUT2D eigenvalue weighted by Gasteiger charge is -2.06. The molecule has 0 saturated carbocycles. The van der Waals surface area contributed by atoms with Gasteiger partial charge in [0.15, 0.2) is 0 Å². The molecule has 0 N–H and O–H groups in total. The van der Waals surface area contributed by atoms with Crippen LogP contribution in [0.5, 0.6) is 0 Å². The van der Waals surface area contributed by atoms with Crippen LogP contribution < -0.4 is 4.80 Å². The topological polar surface area (TPSA) is 29.6 Å². The monoisotopic (exact) mass is 369 g/mol. The zero-order valence-corrected chi connectivity index (χ0v) is 15.0. The van der Waals surface area contributed by atoms with Crippen molar-refractivity contribution in [2.75, 3.05) is 6.54 Å². The zero-order chi connectivity index (χ0) is 18.5. The Bertz CT molecular complexity index is 1010. The fourth-order valence-corrected chi connectivity index (χ4v) is 3.23. The Hall–Kier alpha value is -2.86. The van der Waals surface area contributed by atoms with Crippen molar-refractivity contribution in [1.82, 2.24) is 4.68 Å². The van der Waals surface area contributed by atoms with E-state index in [1.807, 2.05) is 12.3 Å². The maximum atomic E-state index is 13.5. The van der Waals surface area contributed by atoms with Gasteiger partial charge in [0.2, 0.25) is 4.80 Å². The Morgan fingerprint density at radius 3 is 2.62 bits per heavy atom. The Morgan fingerprint density at radius 2 is 1.92 bits per heavy atom. The van der Waals surface area contributed by atoms with Gasteiger partial charge in [-0.05, 0) is 43.3 Å². The van der Waals surface area contributed by atoms with Gasteiger partial charge < -0.3 is 0 Å². The maximum Gasteiger partial charge on any atom is 0.206 e. The van der Waals surface area contributed by atoms with E-state index in [0.717, 1.165) is 11.3 Å². The summed E-state index contributed by atoms with van der Waals surface area (Å²) < 4.78 is 28.5. The van der Waals surface area contributed by atoms with Gasteiger partial charge in [-0.15, -0.1) is 17.9 Å². The third-order valence-electron chi connectivity index (χ3n) is 3.67. The summed E-state index contributed by atoms with van der Waals surface area (Å²) in [5, 5.41) is 6.55. The van der Waals surface area contributed by atoms with Crippen molar-refractivity contribution in [3.05, 3.63) is 88.6 Å². The Labute approximate surface area is 154 Å². The molecule has 132 valence electrons. The van der Waals surface area contributed by atoms with Crippen LogP contribution in [0.4, 0.5) is 8.78 Å². The van der Waals surface area contributed by atoms with Crippen LogP contribution in [-0.4, -0.2) is 16.9 Å². The molecule has 0 aliphatic carbocycles. The molecular weight excluding hydrogens is 352 g/mol. The molecule has 3 rings (SSSR count). The minimum absolute atomic E-state index is 0.299. The first kappa shape index (κ1) is 17.9. The molecule has 2 aromatic carbocycles. The second-order valence-electron chi connectivity index (χ2n) is 5.55. The van der Waals surface area contributed by atoms with Gasteiger partial charge in [-0.1, -0.05) is 18.2 Å². The van der Waals surface area contributed by atoms with Crippen LogP contribution >= 0.6 is 11.3 Å². The van der Waals surface area contributed by atoms with Gasteiger partial charge in [0.05, 0.1) is 18.0 Å². The van der Waals surface area contributed by atoms with Crippen LogP contribution in [-0.2, 0) is 0 Å². The van der Waals surface area contributed by atoms with E-state index >= 15 is 0 Å². The van der Waals surface area contributed by atoms with E-state index in [0.29, 0.717) is 22.6 Å². The van der Waals surface area contributed by atoms with Crippen molar-refractivity contribution in [2.45, 2.75) is 6.92 Å². The number of hydrogen-bond acceptors (Lipinski definition) is 3. The average Bonchev–Trinajstić information content (AvgIpc) is 3.03. The summed E-state index contributed by atoms with van der Waals surface area (Å²) in [5.41, 5.74) is 2.93. The predicted octanol–water partition coefficient (Wildman–Crippen LogP) is 4.85. The predicted molar refractivity (Wildman–Crippen MR) is 102 cm³/mol. The summed E-state index contributed by atoms with van der Waals surface area (Å²) >= 11 is 1.43. The third kappa shape index (κ3) is 4.03. The molecule has 0 amide bonds. The van der Waals surface area contributed by atoms with E-state index in [-0.39, 0.29) is 11.6 Å². The lowest BCUT2D eigenvalue weighted by molar-refractivity contribution is 0.627. The average molecular weight is 369 g/mol. The largest absolute Gasteiger partial charge is 0.253 e. The Morgan fingerprint density at radius 1 is 1.15 bits per heavy atom. The smallest absolute Gasteiger partial charge is 0.206 e. The van der Waals surface area contributed by atoms with Crippen LogP contribution in [0.2, 0.25) is 0 Å². The molecule has 6 heteroatoms. The molecule has 0 aliphatic rings. The highest BCUT2D eigenvalue weighted by Crippen LogP contribution is 2.21. The molecule has 3 nitrogen and oxygen atoms in total. The zero-order valence-electron chi connectivity index (χ0n) is 14.2. The first-order valence-corrected chi connectivity index (χ1v) is 8.86. The minimum Gasteiger partial charge on any atom is -0.253 e. The molecule has 0 fully saturated rings. The van der Waals surface area contributed by atoms with Crippen molar-refractivity contribution in [3.63, 3.8) is 0 Å². The van der Waals surface area contributed by atoms with Gasteiger partial charge in [-0.2, -0.15) is 5.10 Å². The van der Waals surface area contributed by atoms with Crippen molar-refractivity contribution >= 4 is 17.0 Å². The van der Waals surface area contributed by atoms with Crippen molar-refractivity contribution in [2.24, 2.45) is 10.1 Å². The minimum atomic E-state index is -0.317. The highest BCUT2D eigenvalue weighted by atomic mass is 32.1. The summed E-state index contributed by atoms with van der Waals surface area (Å²) in [6, 6.07) is 12.5. The van der Waals surface area contributed by atoms with E-state index in [9.17, 15) is 8.78 Å². The molecule has 0 spiro atoms. The maximum absolute atomic E-state index is 13.5.